The SMILES string of the molecule is O=C(NCc1ccccc1)NCc1ccccc1-c1ccc(C2OC(CSc3nnnn3-c3ccc(O)cc3)CC(c3ccc(CO)cc3)O2)cc1. The van der Waals surface area contributed by atoms with E-state index in [0.29, 0.717) is 30.4 Å². The molecule has 11 nitrogen and oxygen atoms in total. The first-order valence-corrected chi connectivity index (χ1v) is 18.0. The molecule has 0 spiro atoms. The molecule has 4 N–H and O–H groups in total. The fourth-order valence-electron chi connectivity index (χ4n) is 6.01. The van der Waals surface area contributed by atoms with E-state index < -0.39 is 6.29 Å². The molecule has 1 fully saturated rings. The van der Waals surface area contributed by atoms with Crippen LogP contribution in [0.1, 0.15) is 46.6 Å². The van der Waals surface area contributed by atoms with E-state index in [4.69, 9.17) is 9.47 Å². The molecule has 1 aliphatic heterocycles. The normalized spacial score (nSPS) is 17.1. The zero-order valence-corrected chi connectivity index (χ0v) is 29.0. The quantitative estimate of drug-likeness (QED) is 0.1000. The maximum Gasteiger partial charge on any atom is 0.315 e. The lowest BCUT2D eigenvalue weighted by Crippen LogP contribution is -2.34. The van der Waals surface area contributed by atoms with Crippen LogP contribution in [-0.4, -0.2) is 48.3 Å². The molecule has 3 unspecified atom stereocenters. The smallest absolute Gasteiger partial charge is 0.315 e. The number of urea groups is 1. The van der Waals surface area contributed by atoms with Crippen LogP contribution in [0.25, 0.3) is 16.8 Å². The molecule has 0 radical (unpaired) electrons. The van der Waals surface area contributed by atoms with Gasteiger partial charge in [-0.05, 0) is 68.1 Å². The van der Waals surface area contributed by atoms with Crippen molar-refractivity contribution >= 4 is 17.8 Å². The molecule has 0 saturated carbocycles. The van der Waals surface area contributed by atoms with Crippen molar-refractivity contribution in [3.63, 3.8) is 0 Å². The van der Waals surface area contributed by atoms with Gasteiger partial charge in [-0.2, -0.15) is 4.68 Å². The van der Waals surface area contributed by atoms with Gasteiger partial charge in [-0.1, -0.05) is 115 Å². The Labute approximate surface area is 305 Å². The van der Waals surface area contributed by atoms with Gasteiger partial charge in [0.2, 0.25) is 5.16 Å². The number of phenols is 1. The van der Waals surface area contributed by atoms with Crippen LogP contribution in [-0.2, 0) is 29.2 Å². The molecule has 264 valence electrons. The number of benzene rings is 5. The van der Waals surface area contributed by atoms with Crippen LogP contribution in [0.15, 0.2) is 133 Å². The summed E-state index contributed by atoms with van der Waals surface area (Å²) in [4.78, 5) is 12.6. The third kappa shape index (κ3) is 8.67. The Kier molecular flexibility index (Phi) is 11.2. The van der Waals surface area contributed by atoms with Crippen molar-refractivity contribution in [2.45, 2.75) is 49.8 Å². The molecule has 52 heavy (non-hydrogen) atoms. The Morgan fingerprint density at radius 3 is 2.27 bits per heavy atom. The summed E-state index contributed by atoms with van der Waals surface area (Å²) in [6, 6.07) is 40.2. The molecular weight excluding hydrogens is 677 g/mol. The van der Waals surface area contributed by atoms with E-state index in [2.05, 4.69) is 26.2 Å². The topological polar surface area (TPSA) is 144 Å². The molecule has 2 amide bonds. The van der Waals surface area contributed by atoms with Gasteiger partial charge in [0, 0.05) is 30.8 Å². The third-order valence-corrected chi connectivity index (χ3v) is 9.85. The second kappa shape index (κ2) is 16.7. The number of carbonyl (C=O) groups is 1. The van der Waals surface area contributed by atoms with Crippen molar-refractivity contribution in [3.8, 4) is 22.6 Å². The van der Waals surface area contributed by atoms with E-state index in [1.54, 1.807) is 28.9 Å². The summed E-state index contributed by atoms with van der Waals surface area (Å²) in [5, 5.41) is 38.0. The van der Waals surface area contributed by atoms with E-state index in [1.165, 1.54) is 11.8 Å². The molecular formula is C40H38N6O5S. The lowest BCUT2D eigenvalue weighted by Gasteiger charge is -2.36. The number of hydrogen-bond donors (Lipinski definition) is 4. The minimum Gasteiger partial charge on any atom is -0.508 e. The molecule has 3 atom stereocenters. The first-order valence-electron chi connectivity index (χ1n) is 17.0. The predicted molar refractivity (Wildman–Crippen MR) is 197 cm³/mol. The first kappa shape index (κ1) is 34.9. The van der Waals surface area contributed by atoms with Crippen molar-refractivity contribution in [2.24, 2.45) is 0 Å². The number of aromatic nitrogens is 4. The molecule has 2 heterocycles. The van der Waals surface area contributed by atoms with E-state index >= 15 is 0 Å². The summed E-state index contributed by atoms with van der Waals surface area (Å²) in [5.74, 6) is 0.736. The number of phenolic OH excluding ortho intramolecular Hbond substituents is 1. The Morgan fingerprint density at radius 1 is 0.788 bits per heavy atom. The number of nitrogens with zero attached hydrogens (tertiary/aromatic N) is 4. The molecule has 1 aromatic heterocycles. The zero-order chi connectivity index (χ0) is 35.7. The number of amides is 2. The van der Waals surface area contributed by atoms with Crippen LogP contribution in [0.4, 0.5) is 4.79 Å². The summed E-state index contributed by atoms with van der Waals surface area (Å²) in [5.41, 5.74) is 7.50. The Balaban J connectivity index is 1.05. The van der Waals surface area contributed by atoms with Gasteiger partial charge in [0.1, 0.15) is 5.75 Å². The van der Waals surface area contributed by atoms with Gasteiger partial charge in [-0.15, -0.1) is 5.10 Å². The highest BCUT2D eigenvalue weighted by molar-refractivity contribution is 7.99. The highest BCUT2D eigenvalue weighted by Crippen LogP contribution is 2.40. The summed E-state index contributed by atoms with van der Waals surface area (Å²) in [6.07, 6.45) is -0.463. The van der Waals surface area contributed by atoms with E-state index in [-0.39, 0.29) is 30.6 Å². The van der Waals surface area contributed by atoms with E-state index in [1.807, 2.05) is 103 Å². The third-order valence-electron chi connectivity index (χ3n) is 8.79. The van der Waals surface area contributed by atoms with Gasteiger partial charge in [0.15, 0.2) is 6.29 Å². The Morgan fingerprint density at radius 2 is 1.50 bits per heavy atom. The maximum atomic E-state index is 12.6. The van der Waals surface area contributed by atoms with Gasteiger partial charge < -0.3 is 30.3 Å². The van der Waals surface area contributed by atoms with Crippen LogP contribution in [0.2, 0.25) is 0 Å². The van der Waals surface area contributed by atoms with Crippen LogP contribution in [0.5, 0.6) is 5.75 Å². The predicted octanol–water partition coefficient (Wildman–Crippen LogP) is 6.86. The summed E-state index contributed by atoms with van der Waals surface area (Å²) < 4.78 is 14.8. The zero-order valence-electron chi connectivity index (χ0n) is 28.2. The van der Waals surface area contributed by atoms with Crippen molar-refractivity contribution in [3.05, 3.63) is 155 Å². The average molecular weight is 715 g/mol. The van der Waals surface area contributed by atoms with Gasteiger partial charge in [0.05, 0.1) is 24.5 Å². The van der Waals surface area contributed by atoms with Crippen LogP contribution in [0, 0.1) is 0 Å². The number of carbonyl (C=O) groups excluding carboxylic acids is 1. The Hall–Kier alpha value is -5.53. The molecule has 12 heteroatoms. The van der Waals surface area contributed by atoms with Gasteiger partial charge in [-0.3, -0.25) is 0 Å². The number of tetrazole rings is 1. The maximum absolute atomic E-state index is 12.6. The lowest BCUT2D eigenvalue weighted by atomic mass is 9.98. The summed E-state index contributed by atoms with van der Waals surface area (Å²) in [6.45, 7) is 0.799. The average Bonchev–Trinajstić information content (AvgIpc) is 3.68. The fourth-order valence-corrected chi connectivity index (χ4v) is 6.92. The monoisotopic (exact) mass is 714 g/mol. The van der Waals surface area contributed by atoms with Crippen LogP contribution < -0.4 is 10.6 Å². The van der Waals surface area contributed by atoms with Gasteiger partial charge in [-0.25, -0.2) is 4.79 Å². The number of aliphatic hydroxyl groups excluding tert-OH is 1. The minimum absolute atomic E-state index is 0.0282. The van der Waals surface area contributed by atoms with Gasteiger partial charge in [0.25, 0.3) is 0 Å². The molecule has 5 aromatic carbocycles. The molecule has 6 aromatic rings. The van der Waals surface area contributed by atoms with Crippen molar-refractivity contribution in [1.29, 1.82) is 0 Å². The summed E-state index contributed by atoms with van der Waals surface area (Å²) in [7, 11) is 0. The second-order valence-electron chi connectivity index (χ2n) is 12.4. The molecule has 1 saturated heterocycles. The van der Waals surface area contributed by atoms with Gasteiger partial charge >= 0.3 is 6.03 Å². The molecule has 0 bridgehead atoms. The number of nitrogens with one attached hydrogen (secondary N) is 2. The standard InChI is InChI=1S/C40H38N6O5S/c47-25-28-10-12-30(13-11-28)37-22-35(26-52-40-43-44-45-46(40)33-18-20-34(48)21-19-33)50-38(51-37)31-16-14-29(15-17-31)36-9-5-4-8-32(36)24-42-39(49)41-23-27-6-2-1-3-7-27/h1-21,35,37-38,47-48H,22-26H2,(H2,41,42,49). The largest absolute Gasteiger partial charge is 0.508 e. The van der Waals surface area contributed by atoms with Crippen LogP contribution in [0.3, 0.4) is 0 Å². The lowest BCUT2D eigenvalue weighted by molar-refractivity contribution is -0.245. The fraction of sp³-hybridized carbons (Fsp3) is 0.200. The molecule has 0 aliphatic carbocycles. The number of thioether (sulfide) groups is 1. The summed E-state index contributed by atoms with van der Waals surface area (Å²) >= 11 is 1.49. The number of rotatable bonds is 12. The first-order chi connectivity index (χ1) is 25.5. The molecule has 1 aliphatic rings. The number of hydrogen-bond acceptors (Lipinski definition) is 9. The number of ether oxygens (including phenoxy) is 2. The molecule has 7 rings (SSSR count). The van der Waals surface area contributed by atoms with Crippen molar-refractivity contribution in [1.82, 2.24) is 30.8 Å². The van der Waals surface area contributed by atoms with Crippen molar-refractivity contribution < 1.29 is 24.5 Å². The Bertz CT molecular complexity index is 2060. The highest BCUT2D eigenvalue weighted by Gasteiger charge is 2.33. The van der Waals surface area contributed by atoms with E-state index in [9.17, 15) is 15.0 Å². The minimum atomic E-state index is -0.630. The second-order valence-corrected chi connectivity index (χ2v) is 13.3. The van der Waals surface area contributed by atoms with Crippen molar-refractivity contribution in [2.75, 3.05) is 5.75 Å². The number of aliphatic hydroxyl groups is 1. The highest BCUT2D eigenvalue weighted by atomic mass is 32.2. The van der Waals surface area contributed by atoms with Crippen LogP contribution >= 0.6 is 11.8 Å². The number of aromatic hydroxyl groups is 1. The van der Waals surface area contributed by atoms with E-state index in [0.717, 1.165) is 44.6 Å².